The summed E-state index contributed by atoms with van der Waals surface area (Å²) in [5.41, 5.74) is 2.27. The number of benzene rings is 2. The van der Waals surface area contributed by atoms with Crippen molar-refractivity contribution in [2.24, 2.45) is 0 Å². The van der Waals surface area contributed by atoms with Gasteiger partial charge in [0.15, 0.2) is 0 Å². The van der Waals surface area contributed by atoms with Crippen molar-refractivity contribution in [3.63, 3.8) is 0 Å². The number of nitrogens with one attached hydrogen (secondary N) is 3. The zero-order valence-corrected chi connectivity index (χ0v) is 14.0. The van der Waals surface area contributed by atoms with Gasteiger partial charge in [0.1, 0.15) is 12.6 Å². The zero-order valence-electron chi connectivity index (χ0n) is 14.0. The molecule has 0 bridgehead atoms. The summed E-state index contributed by atoms with van der Waals surface area (Å²) in [5, 5.41) is 15.0. The number of hydrogen-bond acceptors (Lipinski definition) is 3. The van der Waals surface area contributed by atoms with E-state index in [2.05, 4.69) is 15.6 Å². The minimum Gasteiger partial charge on any atom is -0.358 e. The lowest BCUT2D eigenvalue weighted by atomic mass is 10.1. The Kier molecular flexibility index (Phi) is 5.30. The summed E-state index contributed by atoms with van der Waals surface area (Å²) in [6.45, 7) is -0.108. The second kappa shape index (κ2) is 7.99. The zero-order chi connectivity index (χ0) is 18.4. The molecule has 3 aromatic rings. The molecule has 0 saturated carbocycles. The number of H-pyrrole nitrogens is 1. The molecule has 0 aliphatic heterocycles. The van der Waals surface area contributed by atoms with Crippen LogP contribution in [0, 0.1) is 11.3 Å². The second-order valence-corrected chi connectivity index (χ2v) is 5.85. The van der Waals surface area contributed by atoms with Gasteiger partial charge in [-0.15, -0.1) is 0 Å². The molecule has 0 unspecified atom stereocenters. The van der Waals surface area contributed by atoms with E-state index < -0.39 is 11.9 Å². The van der Waals surface area contributed by atoms with E-state index in [9.17, 15) is 9.59 Å². The molecule has 1 heterocycles. The number of fused-ring (bicyclic) bond motifs is 1. The highest BCUT2D eigenvalue weighted by atomic mass is 16.2. The first kappa shape index (κ1) is 17.2. The van der Waals surface area contributed by atoms with Crippen LogP contribution in [0.3, 0.4) is 0 Å². The van der Waals surface area contributed by atoms with Gasteiger partial charge < -0.3 is 15.6 Å². The fourth-order valence-electron chi connectivity index (χ4n) is 2.75. The molecule has 6 nitrogen and oxygen atoms in total. The first-order chi connectivity index (χ1) is 12.7. The van der Waals surface area contributed by atoms with Crippen LogP contribution in [-0.2, 0) is 11.2 Å². The van der Waals surface area contributed by atoms with Gasteiger partial charge in [0.25, 0.3) is 5.91 Å². The highest BCUT2D eigenvalue weighted by molar-refractivity contribution is 5.97. The van der Waals surface area contributed by atoms with Gasteiger partial charge in [-0.2, -0.15) is 5.26 Å². The first-order valence-electron chi connectivity index (χ1n) is 8.24. The molecule has 0 aliphatic carbocycles. The monoisotopic (exact) mass is 346 g/mol. The molecule has 2 amide bonds. The Morgan fingerprint density at radius 2 is 1.81 bits per heavy atom. The Morgan fingerprint density at radius 1 is 1.08 bits per heavy atom. The molecular formula is C20H18N4O2. The van der Waals surface area contributed by atoms with Crippen LogP contribution in [-0.4, -0.2) is 29.4 Å². The summed E-state index contributed by atoms with van der Waals surface area (Å²) < 4.78 is 0. The molecule has 0 saturated heterocycles. The predicted molar refractivity (Wildman–Crippen MR) is 98.3 cm³/mol. The molecule has 1 aromatic heterocycles. The molecule has 0 fully saturated rings. The maximum absolute atomic E-state index is 12.4. The van der Waals surface area contributed by atoms with Gasteiger partial charge in [-0.1, -0.05) is 36.4 Å². The number of nitrogens with zero attached hydrogens (tertiary/aromatic N) is 1. The summed E-state index contributed by atoms with van der Waals surface area (Å²) in [6, 6.07) is 19.5. The van der Waals surface area contributed by atoms with Gasteiger partial charge >= 0.3 is 0 Å². The van der Waals surface area contributed by atoms with Gasteiger partial charge in [-0.05, 0) is 29.7 Å². The minimum absolute atomic E-state index is 0.108. The highest BCUT2D eigenvalue weighted by Gasteiger charge is 2.22. The van der Waals surface area contributed by atoms with E-state index in [1.165, 1.54) is 0 Å². The Labute approximate surface area is 150 Å². The van der Waals surface area contributed by atoms with Crippen molar-refractivity contribution in [2.75, 3.05) is 6.54 Å². The molecule has 0 spiro atoms. The fourth-order valence-corrected chi connectivity index (χ4v) is 2.75. The number of hydrogen-bond donors (Lipinski definition) is 3. The summed E-state index contributed by atoms with van der Waals surface area (Å²) >= 11 is 0. The number of para-hydroxylation sites is 1. The van der Waals surface area contributed by atoms with E-state index in [-0.39, 0.29) is 12.5 Å². The molecule has 1 atom stereocenters. The Bertz CT molecular complexity index is 924. The number of nitriles is 1. The molecule has 3 N–H and O–H groups in total. The van der Waals surface area contributed by atoms with Gasteiger partial charge in [0.05, 0.1) is 6.07 Å². The normalized spacial score (nSPS) is 11.5. The van der Waals surface area contributed by atoms with Crippen LogP contribution in [0.15, 0.2) is 60.7 Å². The molecular weight excluding hydrogens is 328 g/mol. The van der Waals surface area contributed by atoms with Crippen LogP contribution in [0.4, 0.5) is 0 Å². The van der Waals surface area contributed by atoms with Crippen molar-refractivity contribution >= 4 is 22.7 Å². The topological polar surface area (TPSA) is 97.8 Å². The Balaban J connectivity index is 1.79. The van der Waals surface area contributed by atoms with E-state index in [4.69, 9.17) is 5.26 Å². The largest absolute Gasteiger partial charge is 0.358 e. The van der Waals surface area contributed by atoms with Crippen LogP contribution in [0.25, 0.3) is 10.9 Å². The van der Waals surface area contributed by atoms with Crippen molar-refractivity contribution < 1.29 is 9.59 Å². The quantitative estimate of drug-likeness (QED) is 0.597. The van der Waals surface area contributed by atoms with E-state index in [1.54, 1.807) is 24.3 Å². The predicted octanol–water partition coefficient (Wildman–Crippen LogP) is 2.15. The first-order valence-corrected chi connectivity index (χ1v) is 8.24. The maximum atomic E-state index is 12.4. The number of carbonyl (C=O) groups is 2. The maximum Gasteiger partial charge on any atom is 0.251 e. The van der Waals surface area contributed by atoms with Crippen LogP contribution < -0.4 is 10.6 Å². The summed E-state index contributed by atoms with van der Waals surface area (Å²) in [4.78, 5) is 28.1. The van der Waals surface area contributed by atoms with E-state index >= 15 is 0 Å². The van der Waals surface area contributed by atoms with Crippen LogP contribution >= 0.6 is 0 Å². The second-order valence-electron chi connectivity index (χ2n) is 5.85. The third-order valence-corrected chi connectivity index (χ3v) is 4.01. The van der Waals surface area contributed by atoms with Crippen molar-refractivity contribution in [1.82, 2.24) is 15.6 Å². The SMILES string of the molecule is N#CCNC(=O)[C@H](Cc1cc2ccccc2[nH]1)NC(=O)c1ccccc1. The standard InChI is InChI=1S/C20H18N4O2/c21-10-11-22-20(26)18(24-19(25)14-6-2-1-3-7-14)13-16-12-15-8-4-5-9-17(15)23-16/h1-9,12,18,23H,11,13H2,(H,22,26)(H,24,25)/t18-/m0/s1. The van der Waals surface area contributed by atoms with Crippen molar-refractivity contribution in [1.29, 1.82) is 5.26 Å². The fraction of sp³-hybridized carbons (Fsp3) is 0.150. The smallest absolute Gasteiger partial charge is 0.251 e. The molecule has 6 heteroatoms. The molecule has 2 aromatic carbocycles. The van der Waals surface area contributed by atoms with Crippen LogP contribution in [0.5, 0.6) is 0 Å². The average molecular weight is 346 g/mol. The molecule has 0 aliphatic rings. The van der Waals surface area contributed by atoms with E-state index in [1.807, 2.05) is 42.5 Å². The lowest BCUT2D eigenvalue weighted by Gasteiger charge is -2.17. The Morgan fingerprint density at radius 3 is 2.54 bits per heavy atom. The number of amides is 2. The van der Waals surface area contributed by atoms with Gasteiger partial charge in [-0.25, -0.2) is 0 Å². The van der Waals surface area contributed by atoms with Gasteiger partial charge in [0.2, 0.25) is 5.91 Å². The third kappa shape index (κ3) is 4.08. The molecule has 0 radical (unpaired) electrons. The van der Waals surface area contributed by atoms with Crippen molar-refractivity contribution in [3.05, 3.63) is 71.9 Å². The van der Waals surface area contributed by atoms with Crippen LogP contribution in [0.1, 0.15) is 16.1 Å². The van der Waals surface area contributed by atoms with Gasteiger partial charge in [0, 0.05) is 23.2 Å². The number of carbonyl (C=O) groups excluding carboxylic acids is 2. The number of aromatic nitrogens is 1. The molecule has 3 rings (SSSR count). The third-order valence-electron chi connectivity index (χ3n) is 4.01. The average Bonchev–Trinajstić information content (AvgIpc) is 3.08. The van der Waals surface area contributed by atoms with E-state index in [0.29, 0.717) is 12.0 Å². The minimum atomic E-state index is -0.788. The molecule has 26 heavy (non-hydrogen) atoms. The lowest BCUT2D eigenvalue weighted by molar-refractivity contribution is -0.122. The van der Waals surface area contributed by atoms with Crippen molar-refractivity contribution in [2.45, 2.75) is 12.5 Å². The van der Waals surface area contributed by atoms with Gasteiger partial charge in [-0.3, -0.25) is 9.59 Å². The van der Waals surface area contributed by atoms with E-state index in [0.717, 1.165) is 16.6 Å². The van der Waals surface area contributed by atoms with Crippen molar-refractivity contribution in [3.8, 4) is 6.07 Å². The highest BCUT2D eigenvalue weighted by Crippen LogP contribution is 2.16. The molecule has 130 valence electrons. The Hall–Kier alpha value is -3.59. The summed E-state index contributed by atoms with van der Waals surface area (Å²) in [7, 11) is 0. The van der Waals surface area contributed by atoms with Crippen LogP contribution in [0.2, 0.25) is 0 Å². The number of aromatic amines is 1. The summed E-state index contributed by atoms with van der Waals surface area (Å²) in [6.07, 6.45) is 0.296. The lowest BCUT2D eigenvalue weighted by Crippen LogP contribution is -2.48. The summed E-state index contributed by atoms with van der Waals surface area (Å²) in [5.74, 6) is -0.728. The number of rotatable bonds is 6.